The minimum absolute atomic E-state index is 0.00882. The van der Waals surface area contributed by atoms with Crippen LogP contribution in [0, 0.1) is 0 Å². The summed E-state index contributed by atoms with van der Waals surface area (Å²) >= 11 is 0. The van der Waals surface area contributed by atoms with Gasteiger partial charge in [-0.05, 0) is 31.2 Å². The van der Waals surface area contributed by atoms with E-state index in [0.29, 0.717) is 38.2 Å². The number of alkyl halides is 2. The van der Waals surface area contributed by atoms with Gasteiger partial charge in [-0.2, -0.15) is 0 Å². The van der Waals surface area contributed by atoms with Crippen LogP contribution in [0.3, 0.4) is 0 Å². The van der Waals surface area contributed by atoms with Crippen LogP contribution in [0.25, 0.3) is 0 Å². The predicted molar refractivity (Wildman–Crippen MR) is 169 cm³/mol. The van der Waals surface area contributed by atoms with E-state index < -0.39 is 61.0 Å². The molecule has 12 heteroatoms. The maximum atomic E-state index is 16.4. The van der Waals surface area contributed by atoms with Crippen molar-refractivity contribution in [1.29, 1.82) is 0 Å². The van der Waals surface area contributed by atoms with Gasteiger partial charge < -0.3 is 38.8 Å². The Balaban J connectivity index is 2.36. The molecule has 0 unspecified atom stereocenters. The average molecular weight is 660 g/mol. The van der Waals surface area contributed by atoms with Gasteiger partial charge in [0.2, 0.25) is 0 Å². The summed E-state index contributed by atoms with van der Waals surface area (Å²) < 4.78 is 68.4. The van der Waals surface area contributed by atoms with Crippen LogP contribution in [-0.2, 0) is 39.8 Å². The molecule has 0 aromatic heterocycles. The molecule has 0 bridgehead atoms. The van der Waals surface area contributed by atoms with Gasteiger partial charge in [-0.15, -0.1) is 0 Å². The fourth-order valence-electron chi connectivity index (χ4n) is 4.99. The highest BCUT2D eigenvalue weighted by Crippen LogP contribution is 2.39. The highest BCUT2D eigenvalue weighted by Gasteiger charge is 2.58. The van der Waals surface area contributed by atoms with Crippen LogP contribution in [0.15, 0.2) is 30.3 Å². The highest BCUT2D eigenvalue weighted by molar-refractivity contribution is 5.80. The zero-order valence-electron chi connectivity index (χ0n) is 27.9. The fourth-order valence-corrected chi connectivity index (χ4v) is 4.99. The molecule has 0 aliphatic carbocycles. The van der Waals surface area contributed by atoms with E-state index in [1.54, 1.807) is 30.3 Å². The largest absolute Gasteiger partial charge is 0.480 e. The molecule has 1 fully saturated rings. The van der Waals surface area contributed by atoms with Crippen LogP contribution >= 0.6 is 0 Å². The lowest BCUT2D eigenvalue weighted by molar-refractivity contribution is -0.306. The smallest absolute Gasteiger partial charge is 0.408 e. The third-order valence-corrected chi connectivity index (χ3v) is 7.68. The van der Waals surface area contributed by atoms with Gasteiger partial charge in [0.05, 0.1) is 6.61 Å². The number of alkyl carbamates (subject to hydrolysis) is 1. The summed E-state index contributed by atoms with van der Waals surface area (Å²) in [5.41, 5.74) is 0.662. The van der Waals surface area contributed by atoms with Crippen molar-refractivity contribution in [3.8, 4) is 0 Å². The van der Waals surface area contributed by atoms with E-state index in [2.05, 4.69) is 5.32 Å². The van der Waals surface area contributed by atoms with Crippen molar-refractivity contribution in [3.63, 3.8) is 0 Å². The van der Waals surface area contributed by atoms with Crippen LogP contribution < -0.4 is 5.32 Å². The number of carbonyl (C=O) groups is 2. The summed E-state index contributed by atoms with van der Waals surface area (Å²) in [6, 6.07) is 6.77. The first kappa shape index (κ1) is 39.8. The number of nitrogens with one attached hydrogen (secondary N) is 1. The standard InChI is InChI=1S/C34H55F2NO9/c1-5-9-18-41-24-27-28(42-19-10-6-2)29(43-20-11-7-3)30(44-21-12-8-4)31(46-27)34(35,36)22-26(32(38)39)37-33(40)45-23-25-16-14-13-15-17-25/h13-17,26-31H,5-12,18-24H2,1-4H3,(H,37,40)(H,38,39)/t26-,27-,28+,29+,30-,31-/m1/s1. The second kappa shape index (κ2) is 22.2. The number of rotatable bonds is 24. The molecule has 264 valence electrons. The topological polar surface area (TPSA) is 122 Å². The zero-order chi connectivity index (χ0) is 33.8. The molecule has 1 aromatic rings. The van der Waals surface area contributed by atoms with E-state index in [9.17, 15) is 14.7 Å². The van der Waals surface area contributed by atoms with Crippen LogP contribution in [-0.4, -0.2) is 92.7 Å². The van der Waals surface area contributed by atoms with Crippen LogP contribution in [0.4, 0.5) is 13.6 Å². The molecule has 1 aliphatic heterocycles. The maximum absolute atomic E-state index is 16.4. The van der Waals surface area contributed by atoms with Crippen LogP contribution in [0.5, 0.6) is 0 Å². The fraction of sp³-hybridized carbons (Fsp3) is 0.765. The Hall–Kier alpha value is -2.38. The number of aliphatic carboxylic acids is 1. The number of unbranched alkanes of at least 4 members (excludes halogenated alkanes) is 4. The molecular formula is C34H55F2NO9. The molecule has 1 aromatic carbocycles. The van der Waals surface area contributed by atoms with Crippen molar-refractivity contribution in [2.24, 2.45) is 0 Å². The Bertz CT molecular complexity index is 971. The van der Waals surface area contributed by atoms with E-state index in [1.165, 1.54) is 0 Å². The van der Waals surface area contributed by atoms with Gasteiger partial charge in [-0.3, -0.25) is 0 Å². The molecule has 10 nitrogen and oxygen atoms in total. The summed E-state index contributed by atoms with van der Waals surface area (Å²) in [4.78, 5) is 24.6. The number of amides is 1. The molecule has 1 amide bonds. The predicted octanol–water partition coefficient (Wildman–Crippen LogP) is 6.53. The van der Waals surface area contributed by atoms with Gasteiger partial charge in [-0.25, -0.2) is 18.4 Å². The molecule has 0 radical (unpaired) electrons. The molecule has 1 aliphatic rings. The minimum atomic E-state index is -3.77. The van der Waals surface area contributed by atoms with Crippen molar-refractivity contribution in [3.05, 3.63) is 35.9 Å². The number of benzene rings is 1. The third-order valence-electron chi connectivity index (χ3n) is 7.68. The second-order valence-electron chi connectivity index (χ2n) is 11.7. The normalized spacial score (nSPS) is 22.3. The summed E-state index contributed by atoms with van der Waals surface area (Å²) in [6.07, 6.45) is -1.88. The molecule has 0 spiro atoms. The Morgan fingerprint density at radius 1 is 0.848 bits per heavy atom. The first-order valence-corrected chi connectivity index (χ1v) is 16.8. The van der Waals surface area contributed by atoms with Crippen molar-refractivity contribution < 1.29 is 51.9 Å². The second-order valence-corrected chi connectivity index (χ2v) is 11.7. The molecule has 0 saturated carbocycles. The number of ether oxygens (including phenoxy) is 6. The van der Waals surface area contributed by atoms with Gasteiger partial charge in [0.25, 0.3) is 5.92 Å². The third kappa shape index (κ3) is 13.8. The lowest BCUT2D eigenvalue weighted by Gasteiger charge is -2.48. The van der Waals surface area contributed by atoms with Crippen molar-refractivity contribution in [2.45, 2.75) is 135 Å². The van der Waals surface area contributed by atoms with Gasteiger partial charge in [0.1, 0.15) is 37.1 Å². The van der Waals surface area contributed by atoms with Crippen molar-refractivity contribution in [2.75, 3.05) is 33.0 Å². The van der Waals surface area contributed by atoms with Gasteiger partial charge in [-0.1, -0.05) is 83.7 Å². The number of carboxylic acid groups (broad SMARTS) is 1. The number of halogens is 2. The van der Waals surface area contributed by atoms with E-state index in [4.69, 9.17) is 28.4 Å². The maximum Gasteiger partial charge on any atom is 0.408 e. The number of hydrogen-bond donors (Lipinski definition) is 2. The summed E-state index contributed by atoms with van der Waals surface area (Å²) in [6.45, 7) is 9.14. The molecule has 6 atom stereocenters. The molecular weight excluding hydrogens is 604 g/mol. The Morgan fingerprint density at radius 3 is 1.96 bits per heavy atom. The lowest BCUT2D eigenvalue weighted by atomic mass is 9.88. The lowest BCUT2D eigenvalue weighted by Crippen LogP contribution is -2.66. The van der Waals surface area contributed by atoms with Gasteiger partial charge in [0, 0.05) is 32.8 Å². The molecule has 1 heterocycles. The average Bonchev–Trinajstić information content (AvgIpc) is 3.03. The Kier molecular flexibility index (Phi) is 19.2. The SMILES string of the molecule is CCCCOC[C@H]1O[C@@H](C(F)(F)C[C@@H](NC(=O)OCc2ccccc2)C(=O)O)[C@H](OCCCC)[C@@H](OCCCC)[C@H]1OCCCC. The number of hydrogen-bond acceptors (Lipinski definition) is 8. The van der Waals surface area contributed by atoms with E-state index >= 15 is 8.78 Å². The van der Waals surface area contributed by atoms with Crippen LogP contribution in [0.2, 0.25) is 0 Å². The van der Waals surface area contributed by atoms with Gasteiger partial charge >= 0.3 is 12.1 Å². The van der Waals surface area contributed by atoms with E-state index in [0.717, 1.165) is 38.5 Å². The Labute approximate surface area is 272 Å². The van der Waals surface area contributed by atoms with E-state index in [1.807, 2.05) is 27.7 Å². The van der Waals surface area contributed by atoms with E-state index in [-0.39, 0.29) is 19.8 Å². The zero-order valence-corrected chi connectivity index (χ0v) is 27.9. The summed E-state index contributed by atoms with van der Waals surface area (Å²) in [5.74, 6) is -5.40. The first-order valence-electron chi connectivity index (χ1n) is 16.8. The number of carboxylic acids is 1. The monoisotopic (exact) mass is 659 g/mol. The molecule has 46 heavy (non-hydrogen) atoms. The van der Waals surface area contributed by atoms with Crippen molar-refractivity contribution in [1.82, 2.24) is 5.32 Å². The van der Waals surface area contributed by atoms with Crippen LogP contribution in [0.1, 0.15) is 91.0 Å². The summed E-state index contributed by atoms with van der Waals surface area (Å²) in [5, 5.41) is 11.9. The quantitative estimate of drug-likeness (QED) is 0.119. The highest BCUT2D eigenvalue weighted by atomic mass is 19.3. The van der Waals surface area contributed by atoms with Gasteiger partial charge in [0.15, 0.2) is 6.10 Å². The Morgan fingerprint density at radius 2 is 1.39 bits per heavy atom. The van der Waals surface area contributed by atoms with Crippen molar-refractivity contribution >= 4 is 12.1 Å². The molecule has 1 saturated heterocycles. The first-order chi connectivity index (χ1) is 22.2. The summed E-state index contributed by atoms with van der Waals surface area (Å²) in [7, 11) is 0. The minimum Gasteiger partial charge on any atom is -0.480 e. The number of carbonyl (C=O) groups excluding carboxylic acids is 1. The molecule has 2 N–H and O–H groups in total. The molecule has 2 rings (SSSR count).